The molecule has 2 rings (SSSR count). The van der Waals surface area contributed by atoms with Crippen LogP contribution in [0.5, 0.6) is 5.75 Å². The molecule has 0 heterocycles. The van der Waals surface area contributed by atoms with E-state index in [1.54, 1.807) is 7.11 Å². The van der Waals surface area contributed by atoms with Crippen molar-refractivity contribution in [3.63, 3.8) is 0 Å². The Labute approximate surface area is 117 Å². The number of rotatable bonds is 8. The van der Waals surface area contributed by atoms with Crippen LogP contribution in [0.3, 0.4) is 0 Å². The van der Waals surface area contributed by atoms with Gasteiger partial charge in [0, 0.05) is 0 Å². The molecule has 1 aliphatic carbocycles. The minimum Gasteiger partial charge on any atom is -0.497 e. The van der Waals surface area contributed by atoms with Crippen molar-refractivity contribution in [2.24, 2.45) is 0 Å². The highest BCUT2D eigenvalue weighted by Gasteiger charge is 2.22. The topological polar surface area (TPSA) is 21.3 Å². The van der Waals surface area contributed by atoms with Crippen molar-refractivity contribution in [1.29, 1.82) is 0 Å². The molecule has 19 heavy (non-hydrogen) atoms. The van der Waals surface area contributed by atoms with Gasteiger partial charge in [-0.1, -0.05) is 25.8 Å². The second-order valence-electron chi connectivity index (χ2n) is 5.55. The van der Waals surface area contributed by atoms with E-state index in [1.807, 2.05) is 0 Å². The molecule has 0 saturated heterocycles. The molecule has 0 radical (unpaired) electrons. The minimum absolute atomic E-state index is 0.726. The highest BCUT2D eigenvalue weighted by Crippen LogP contribution is 2.37. The van der Waals surface area contributed by atoms with Crippen LogP contribution < -0.4 is 10.1 Å². The molecule has 1 unspecified atom stereocenters. The van der Waals surface area contributed by atoms with E-state index in [9.17, 15) is 0 Å². The van der Waals surface area contributed by atoms with E-state index in [0.29, 0.717) is 0 Å². The number of hydrogen-bond acceptors (Lipinski definition) is 2. The number of ether oxygens (including phenoxy) is 1. The maximum atomic E-state index is 5.34. The van der Waals surface area contributed by atoms with Gasteiger partial charge < -0.3 is 10.1 Å². The molecule has 0 saturated carbocycles. The molecule has 0 spiro atoms. The van der Waals surface area contributed by atoms with E-state index in [-0.39, 0.29) is 0 Å². The largest absolute Gasteiger partial charge is 0.497 e. The van der Waals surface area contributed by atoms with Crippen LogP contribution >= 0.6 is 0 Å². The minimum atomic E-state index is 0.726. The lowest BCUT2D eigenvalue weighted by molar-refractivity contribution is 0.413. The lowest BCUT2D eigenvalue weighted by Gasteiger charge is -2.13. The number of hydrogen-bond donors (Lipinski definition) is 1. The monoisotopic (exact) mass is 261 g/mol. The quantitative estimate of drug-likeness (QED) is 0.717. The van der Waals surface area contributed by atoms with Crippen molar-refractivity contribution in [2.75, 3.05) is 20.2 Å². The van der Waals surface area contributed by atoms with E-state index in [2.05, 4.69) is 30.4 Å². The summed E-state index contributed by atoms with van der Waals surface area (Å²) in [7, 11) is 1.75. The lowest BCUT2D eigenvalue weighted by atomic mass is 9.97. The Balaban J connectivity index is 1.78. The van der Waals surface area contributed by atoms with Gasteiger partial charge in [-0.2, -0.15) is 0 Å². The predicted octanol–water partition coefficient (Wildman–Crippen LogP) is 3.89. The third-order valence-electron chi connectivity index (χ3n) is 4.18. The van der Waals surface area contributed by atoms with E-state index < -0.39 is 0 Å². The van der Waals surface area contributed by atoms with Gasteiger partial charge in [0.25, 0.3) is 0 Å². The predicted molar refractivity (Wildman–Crippen MR) is 81.1 cm³/mol. The van der Waals surface area contributed by atoms with Gasteiger partial charge >= 0.3 is 0 Å². The van der Waals surface area contributed by atoms with Crippen LogP contribution in [0.4, 0.5) is 0 Å². The average molecular weight is 261 g/mol. The summed E-state index contributed by atoms with van der Waals surface area (Å²) in [6.45, 7) is 4.57. The van der Waals surface area contributed by atoms with Crippen molar-refractivity contribution in [1.82, 2.24) is 5.32 Å². The first-order valence-electron chi connectivity index (χ1n) is 7.72. The highest BCUT2D eigenvalue weighted by atomic mass is 16.5. The number of benzene rings is 1. The Morgan fingerprint density at radius 1 is 1.26 bits per heavy atom. The van der Waals surface area contributed by atoms with Crippen molar-refractivity contribution in [2.45, 2.75) is 51.4 Å². The van der Waals surface area contributed by atoms with Crippen LogP contribution in [0, 0.1) is 0 Å². The summed E-state index contributed by atoms with van der Waals surface area (Å²) in [5.41, 5.74) is 3.05. The zero-order valence-electron chi connectivity index (χ0n) is 12.4. The summed E-state index contributed by atoms with van der Waals surface area (Å²) in [4.78, 5) is 0. The maximum Gasteiger partial charge on any atom is 0.119 e. The molecular formula is C17H27NO. The Kier molecular flexibility index (Phi) is 5.71. The molecule has 1 aromatic carbocycles. The summed E-state index contributed by atoms with van der Waals surface area (Å²) >= 11 is 0. The Morgan fingerprint density at radius 3 is 2.95 bits per heavy atom. The van der Waals surface area contributed by atoms with Crippen LogP contribution in [0.2, 0.25) is 0 Å². The number of methoxy groups -OCH3 is 1. The van der Waals surface area contributed by atoms with Gasteiger partial charge in [0.2, 0.25) is 0 Å². The van der Waals surface area contributed by atoms with Crippen molar-refractivity contribution in [3.05, 3.63) is 29.3 Å². The molecule has 0 aliphatic heterocycles. The molecule has 2 nitrogen and oxygen atoms in total. The number of fused-ring (bicyclic) bond motifs is 1. The van der Waals surface area contributed by atoms with Crippen LogP contribution in [0.25, 0.3) is 0 Å². The molecular weight excluding hydrogens is 234 g/mol. The van der Waals surface area contributed by atoms with Crippen molar-refractivity contribution >= 4 is 0 Å². The first-order chi connectivity index (χ1) is 9.35. The lowest BCUT2D eigenvalue weighted by Crippen LogP contribution is -2.18. The molecule has 0 aromatic heterocycles. The second kappa shape index (κ2) is 7.54. The van der Waals surface area contributed by atoms with Crippen molar-refractivity contribution in [3.8, 4) is 5.75 Å². The molecule has 106 valence electrons. The van der Waals surface area contributed by atoms with Gasteiger partial charge in [0.1, 0.15) is 5.75 Å². The van der Waals surface area contributed by atoms with Gasteiger partial charge in [-0.05, 0) is 68.0 Å². The Bertz CT molecular complexity index is 389. The smallest absolute Gasteiger partial charge is 0.119 e. The summed E-state index contributed by atoms with van der Waals surface area (Å²) in [6.07, 6.45) is 7.75. The maximum absolute atomic E-state index is 5.34. The fraction of sp³-hybridized carbons (Fsp3) is 0.647. The van der Waals surface area contributed by atoms with Crippen LogP contribution in [-0.2, 0) is 6.42 Å². The van der Waals surface area contributed by atoms with Crippen LogP contribution in [0.15, 0.2) is 18.2 Å². The van der Waals surface area contributed by atoms with E-state index in [1.165, 1.54) is 56.2 Å². The molecule has 1 N–H and O–H groups in total. The number of aryl methyl sites for hydroxylation is 1. The Morgan fingerprint density at radius 2 is 2.16 bits per heavy atom. The fourth-order valence-corrected chi connectivity index (χ4v) is 2.99. The molecule has 2 heteroatoms. The van der Waals surface area contributed by atoms with Crippen LogP contribution in [-0.4, -0.2) is 20.2 Å². The molecule has 1 atom stereocenters. The van der Waals surface area contributed by atoms with Gasteiger partial charge in [-0.25, -0.2) is 0 Å². The first kappa shape index (κ1) is 14.4. The summed E-state index contributed by atoms with van der Waals surface area (Å²) < 4.78 is 5.34. The number of nitrogens with one attached hydrogen (secondary N) is 1. The van der Waals surface area contributed by atoms with Gasteiger partial charge in [0.15, 0.2) is 0 Å². The highest BCUT2D eigenvalue weighted by molar-refractivity contribution is 5.41. The zero-order chi connectivity index (χ0) is 13.5. The molecule has 1 aliphatic rings. The molecule has 0 fully saturated rings. The van der Waals surface area contributed by atoms with Crippen LogP contribution in [0.1, 0.15) is 56.1 Å². The average Bonchev–Trinajstić information content (AvgIpc) is 2.85. The summed E-state index contributed by atoms with van der Waals surface area (Å²) in [5, 5.41) is 3.58. The fourth-order valence-electron chi connectivity index (χ4n) is 2.99. The number of unbranched alkanes of at least 4 members (excludes halogenated alkanes) is 2. The van der Waals surface area contributed by atoms with Gasteiger partial charge in [-0.3, -0.25) is 0 Å². The second-order valence-corrected chi connectivity index (χ2v) is 5.55. The van der Waals surface area contributed by atoms with Gasteiger partial charge in [0.05, 0.1) is 7.11 Å². The SMILES string of the molecule is CCCCCNCCC1CCc2ccc(OC)cc21. The normalized spacial score (nSPS) is 17.5. The zero-order valence-corrected chi connectivity index (χ0v) is 12.4. The standard InChI is InChI=1S/C17H27NO/c1-3-4-5-11-18-12-10-15-7-6-14-8-9-16(19-2)13-17(14)15/h8-9,13,15,18H,3-7,10-12H2,1-2H3. The summed E-state index contributed by atoms with van der Waals surface area (Å²) in [5.74, 6) is 1.73. The molecule has 1 aromatic rings. The van der Waals surface area contributed by atoms with E-state index in [4.69, 9.17) is 4.74 Å². The third kappa shape index (κ3) is 3.97. The third-order valence-corrected chi connectivity index (χ3v) is 4.18. The summed E-state index contributed by atoms with van der Waals surface area (Å²) in [6, 6.07) is 6.57. The van der Waals surface area contributed by atoms with Crippen molar-refractivity contribution < 1.29 is 4.74 Å². The van der Waals surface area contributed by atoms with E-state index in [0.717, 1.165) is 18.2 Å². The van der Waals surface area contributed by atoms with E-state index >= 15 is 0 Å². The van der Waals surface area contributed by atoms with Gasteiger partial charge in [-0.15, -0.1) is 0 Å². The Hall–Kier alpha value is -1.02. The first-order valence-corrected chi connectivity index (χ1v) is 7.72. The molecule has 0 amide bonds. The molecule has 0 bridgehead atoms.